The fraction of sp³-hybridized carbons (Fsp3) is 0.939. The van der Waals surface area contributed by atoms with E-state index >= 15 is 0 Å². The summed E-state index contributed by atoms with van der Waals surface area (Å²) in [5.74, 6) is 5.21. The van der Waals surface area contributed by atoms with Crippen molar-refractivity contribution < 1.29 is 19.7 Å². The summed E-state index contributed by atoms with van der Waals surface area (Å²) in [6.07, 6.45) is 17.2. The summed E-state index contributed by atoms with van der Waals surface area (Å²) in [4.78, 5) is 0. The van der Waals surface area contributed by atoms with Crippen LogP contribution < -0.4 is 0 Å². The molecule has 0 radical (unpaired) electrons. The lowest BCUT2D eigenvalue weighted by Gasteiger charge is -2.58. The lowest BCUT2D eigenvalue weighted by Crippen LogP contribution is -2.51. The largest absolute Gasteiger partial charge is 0.394 e. The van der Waals surface area contributed by atoms with Gasteiger partial charge in [-0.2, -0.15) is 0 Å². The van der Waals surface area contributed by atoms with Gasteiger partial charge in [-0.1, -0.05) is 65.5 Å². The zero-order valence-electron chi connectivity index (χ0n) is 24.5. The van der Waals surface area contributed by atoms with E-state index in [2.05, 4.69) is 40.7 Å². The van der Waals surface area contributed by atoms with Crippen LogP contribution in [0, 0.1) is 46.3 Å². The second-order valence-corrected chi connectivity index (χ2v) is 14.8. The highest BCUT2D eigenvalue weighted by Gasteiger charge is 2.59. The van der Waals surface area contributed by atoms with Crippen molar-refractivity contribution in [3.05, 3.63) is 11.6 Å². The Balaban J connectivity index is 1.23. The Bertz CT molecular complexity index is 808. The predicted molar refractivity (Wildman–Crippen MR) is 149 cm³/mol. The van der Waals surface area contributed by atoms with Gasteiger partial charge in [0.1, 0.15) is 0 Å². The van der Waals surface area contributed by atoms with Gasteiger partial charge < -0.3 is 19.7 Å². The predicted octanol–water partition coefficient (Wildman–Crippen LogP) is 7.27. The molecule has 2 N–H and O–H groups in total. The second-order valence-electron chi connectivity index (χ2n) is 14.8. The number of hydrogen-bond donors (Lipinski definition) is 2. The van der Waals surface area contributed by atoms with Crippen LogP contribution in [0.3, 0.4) is 0 Å². The number of ether oxygens (including phenoxy) is 2. The van der Waals surface area contributed by atoms with Crippen molar-refractivity contribution in [3.8, 4) is 0 Å². The van der Waals surface area contributed by atoms with E-state index in [9.17, 15) is 10.2 Å². The SMILES string of the molecule is CC(C)CCCC(C)[C@H]1CCC2C3CC=C4C[C@@H](O[C@H]5C[C@@H](O)C[C@@H](CO)O5)CCC4(C)C3CC[C@@]21C. The van der Waals surface area contributed by atoms with Crippen molar-refractivity contribution in [2.24, 2.45) is 46.3 Å². The van der Waals surface area contributed by atoms with E-state index in [-0.39, 0.29) is 25.1 Å². The molecule has 1 heterocycles. The van der Waals surface area contributed by atoms with Crippen molar-refractivity contribution in [2.45, 2.75) is 143 Å². The van der Waals surface area contributed by atoms with Crippen LogP contribution in [0.15, 0.2) is 11.6 Å². The van der Waals surface area contributed by atoms with Crippen molar-refractivity contribution in [2.75, 3.05) is 6.61 Å². The molecule has 5 aliphatic rings. The summed E-state index contributed by atoms with van der Waals surface area (Å²) >= 11 is 0. The van der Waals surface area contributed by atoms with Crippen LogP contribution >= 0.6 is 0 Å². The second kappa shape index (κ2) is 11.2. The lowest BCUT2D eigenvalue weighted by molar-refractivity contribution is -0.242. The summed E-state index contributed by atoms with van der Waals surface area (Å²) in [6.45, 7) is 12.5. The van der Waals surface area contributed by atoms with Crippen molar-refractivity contribution in [1.29, 1.82) is 0 Å². The van der Waals surface area contributed by atoms with Crippen LogP contribution in [0.25, 0.3) is 0 Å². The molecule has 0 amide bonds. The highest BCUT2D eigenvalue weighted by Crippen LogP contribution is 2.67. The molecular formula is C33H56O4. The van der Waals surface area contributed by atoms with Gasteiger partial charge in [-0.05, 0) is 97.7 Å². The molecule has 3 saturated carbocycles. The van der Waals surface area contributed by atoms with Crippen LogP contribution in [0.5, 0.6) is 0 Å². The van der Waals surface area contributed by atoms with Crippen LogP contribution in [0.4, 0.5) is 0 Å². The van der Waals surface area contributed by atoms with Gasteiger partial charge in [0.25, 0.3) is 0 Å². The third-order valence-electron chi connectivity index (χ3n) is 12.2. The Labute approximate surface area is 227 Å². The first-order chi connectivity index (χ1) is 17.6. The molecule has 4 nitrogen and oxygen atoms in total. The molecule has 0 aromatic carbocycles. The quantitative estimate of drug-likeness (QED) is 0.333. The highest BCUT2D eigenvalue weighted by molar-refractivity contribution is 5.25. The van der Waals surface area contributed by atoms with Gasteiger partial charge in [0.15, 0.2) is 6.29 Å². The zero-order valence-corrected chi connectivity index (χ0v) is 24.5. The van der Waals surface area contributed by atoms with E-state index in [0.717, 1.165) is 48.3 Å². The van der Waals surface area contributed by atoms with E-state index < -0.39 is 6.10 Å². The first kappa shape index (κ1) is 28.1. The number of aliphatic hydroxyl groups is 2. The van der Waals surface area contributed by atoms with Crippen molar-refractivity contribution >= 4 is 0 Å². The molecule has 4 heteroatoms. The summed E-state index contributed by atoms with van der Waals surface area (Å²) in [6, 6.07) is 0. The standard InChI is InChI=1S/C33H56O4/c1-21(2)7-6-8-22(3)28-11-12-29-27-10-9-23-17-25(36-31-19-24(35)18-26(20-34)37-31)13-15-32(23,4)30(27)14-16-33(28,29)5/h9,21-22,24-31,34-35H,6-8,10-20H2,1-5H3/t22?,24-,25-,26-,27?,28+,29?,30?,31+,32?,33+/m0/s1. The Morgan fingerprint density at radius 1 is 1.03 bits per heavy atom. The molecule has 0 bridgehead atoms. The Hall–Kier alpha value is -0.420. The van der Waals surface area contributed by atoms with Crippen LogP contribution in [0.1, 0.15) is 118 Å². The molecular weight excluding hydrogens is 460 g/mol. The Kier molecular flexibility index (Phi) is 8.53. The Morgan fingerprint density at radius 2 is 1.84 bits per heavy atom. The van der Waals surface area contributed by atoms with Gasteiger partial charge in [-0.3, -0.25) is 0 Å². The summed E-state index contributed by atoms with van der Waals surface area (Å²) in [5, 5.41) is 19.7. The first-order valence-electron chi connectivity index (χ1n) is 15.9. The maximum absolute atomic E-state index is 10.2. The minimum atomic E-state index is -0.441. The smallest absolute Gasteiger partial charge is 0.160 e. The van der Waals surface area contributed by atoms with E-state index in [1.807, 2.05) is 0 Å². The van der Waals surface area contributed by atoms with Crippen molar-refractivity contribution in [3.63, 3.8) is 0 Å². The number of hydrogen-bond acceptors (Lipinski definition) is 4. The molecule has 4 aliphatic carbocycles. The van der Waals surface area contributed by atoms with Crippen LogP contribution in [0.2, 0.25) is 0 Å². The summed E-state index contributed by atoms with van der Waals surface area (Å²) in [5.41, 5.74) is 2.51. The first-order valence-corrected chi connectivity index (χ1v) is 15.9. The molecule has 4 fully saturated rings. The minimum Gasteiger partial charge on any atom is -0.394 e. The maximum Gasteiger partial charge on any atom is 0.160 e. The average Bonchev–Trinajstić information content (AvgIpc) is 3.21. The number of aliphatic hydroxyl groups excluding tert-OH is 2. The molecule has 1 saturated heterocycles. The molecule has 5 unspecified atom stereocenters. The van der Waals surface area contributed by atoms with E-state index in [1.165, 1.54) is 57.8 Å². The van der Waals surface area contributed by atoms with Crippen LogP contribution in [-0.2, 0) is 9.47 Å². The summed E-state index contributed by atoms with van der Waals surface area (Å²) in [7, 11) is 0. The normalized spacial score (nSPS) is 46.6. The molecule has 0 aromatic rings. The Morgan fingerprint density at radius 3 is 2.59 bits per heavy atom. The van der Waals surface area contributed by atoms with Gasteiger partial charge in [0.2, 0.25) is 0 Å². The monoisotopic (exact) mass is 516 g/mol. The fourth-order valence-corrected chi connectivity index (χ4v) is 10.1. The number of fused-ring (bicyclic) bond motifs is 5. The maximum atomic E-state index is 10.2. The van der Waals surface area contributed by atoms with E-state index in [0.29, 0.717) is 23.7 Å². The molecule has 212 valence electrons. The zero-order chi connectivity index (χ0) is 26.4. The minimum absolute atomic E-state index is 0.0501. The topological polar surface area (TPSA) is 58.9 Å². The van der Waals surface area contributed by atoms with Gasteiger partial charge in [0, 0.05) is 12.8 Å². The van der Waals surface area contributed by atoms with Gasteiger partial charge in [0.05, 0.1) is 24.9 Å². The molecule has 11 atom stereocenters. The highest BCUT2D eigenvalue weighted by atomic mass is 16.7. The average molecular weight is 517 g/mol. The van der Waals surface area contributed by atoms with E-state index in [4.69, 9.17) is 9.47 Å². The third kappa shape index (κ3) is 5.48. The molecule has 0 aromatic heterocycles. The van der Waals surface area contributed by atoms with Crippen LogP contribution in [-0.4, -0.2) is 41.4 Å². The van der Waals surface area contributed by atoms with E-state index in [1.54, 1.807) is 5.57 Å². The lowest BCUT2D eigenvalue weighted by atomic mass is 9.47. The third-order valence-corrected chi connectivity index (χ3v) is 12.2. The molecule has 5 rings (SSSR count). The van der Waals surface area contributed by atoms with Gasteiger partial charge in [-0.15, -0.1) is 0 Å². The number of rotatable bonds is 8. The molecule has 37 heavy (non-hydrogen) atoms. The fourth-order valence-electron chi connectivity index (χ4n) is 10.1. The molecule has 0 spiro atoms. The molecule has 1 aliphatic heterocycles. The number of allylic oxidation sites excluding steroid dienone is 1. The van der Waals surface area contributed by atoms with Crippen molar-refractivity contribution in [1.82, 2.24) is 0 Å². The summed E-state index contributed by atoms with van der Waals surface area (Å²) < 4.78 is 12.3. The van der Waals surface area contributed by atoms with Gasteiger partial charge >= 0.3 is 0 Å². The van der Waals surface area contributed by atoms with Gasteiger partial charge in [-0.25, -0.2) is 0 Å².